The van der Waals surface area contributed by atoms with Crippen LogP contribution in [-0.2, 0) is 17.8 Å². The predicted molar refractivity (Wildman–Crippen MR) is 62.9 cm³/mol. The Kier molecular flexibility index (Phi) is 3.40. The smallest absolute Gasteiger partial charge is 0.224 e. The fourth-order valence-electron chi connectivity index (χ4n) is 1.40. The third-order valence-electron chi connectivity index (χ3n) is 2.30. The highest BCUT2D eigenvalue weighted by Crippen LogP contribution is 2.06. The molecule has 1 aromatic carbocycles. The van der Waals surface area contributed by atoms with E-state index >= 15 is 0 Å². The number of carbonyl (C=O) groups is 1. The van der Waals surface area contributed by atoms with Crippen LogP contribution in [0.2, 0.25) is 0 Å². The molecule has 2 rings (SSSR count). The maximum atomic E-state index is 11.6. The number of nitrogen functional groups attached to an aromatic ring is 1. The summed E-state index contributed by atoms with van der Waals surface area (Å²) in [6.07, 6.45) is 1.87. The van der Waals surface area contributed by atoms with Gasteiger partial charge in [-0.3, -0.25) is 4.79 Å². The molecule has 0 aliphatic rings. The van der Waals surface area contributed by atoms with E-state index in [1.54, 1.807) is 24.4 Å². The van der Waals surface area contributed by atoms with Gasteiger partial charge in [-0.15, -0.1) is 0 Å². The summed E-state index contributed by atoms with van der Waals surface area (Å²) in [4.78, 5) is 11.6. The first-order chi connectivity index (χ1) is 8.24. The number of hydrogen-bond acceptors (Lipinski definition) is 4. The van der Waals surface area contributed by atoms with E-state index in [-0.39, 0.29) is 5.91 Å². The van der Waals surface area contributed by atoms with E-state index in [1.807, 2.05) is 12.1 Å². The number of hydrogen-bond donors (Lipinski definition) is 2. The Labute approximate surface area is 98.6 Å². The number of anilines is 1. The zero-order chi connectivity index (χ0) is 12.1. The van der Waals surface area contributed by atoms with Crippen LogP contribution in [-0.4, -0.2) is 11.1 Å². The number of aromatic nitrogens is 1. The minimum absolute atomic E-state index is 0.0637. The van der Waals surface area contributed by atoms with Gasteiger partial charge in [-0.2, -0.15) is 0 Å². The van der Waals surface area contributed by atoms with Crippen molar-refractivity contribution in [1.29, 1.82) is 0 Å². The summed E-state index contributed by atoms with van der Waals surface area (Å²) in [6.45, 7) is 0.355. The first-order valence-electron chi connectivity index (χ1n) is 5.25. The van der Waals surface area contributed by atoms with Gasteiger partial charge in [0.25, 0.3) is 0 Å². The molecule has 0 atom stereocenters. The summed E-state index contributed by atoms with van der Waals surface area (Å²) in [5, 5.41) is 6.30. The van der Waals surface area contributed by atoms with Crippen molar-refractivity contribution in [2.24, 2.45) is 0 Å². The van der Waals surface area contributed by atoms with Gasteiger partial charge in [0.15, 0.2) is 5.76 Å². The molecule has 1 aromatic heterocycles. The lowest BCUT2D eigenvalue weighted by Crippen LogP contribution is -2.24. The molecule has 0 spiro atoms. The van der Waals surface area contributed by atoms with Crippen molar-refractivity contribution in [3.63, 3.8) is 0 Å². The number of rotatable bonds is 4. The molecular formula is C12H13N3O2. The van der Waals surface area contributed by atoms with Gasteiger partial charge in [0.2, 0.25) is 5.91 Å². The first kappa shape index (κ1) is 11.2. The third-order valence-corrected chi connectivity index (χ3v) is 2.30. The molecular weight excluding hydrogens is 218 g/mol. The number of amides is 1. The lowest BCUT2D eigenvalue weighted by Gasteiger charge is -2.03. The van der Waals surface area contributed by atoms with Crippen LogP contribution in [0, 0.1) is 0 Å². The van der Waals surface area contributed by atoms with Crippen molar-refractivity contribution in [2.45, 2.75) is 13.0 Å². The molecule has 3 N–H and O–H groups in total. The van der Waals surface area contributed by atoms with Gasteiger partial charge in [0.1, 0.15) is 0 Å². The number of nitrogens with one attached hydrogen (secondary N) is 1. The van der Waals surface area contributed by atoms with Crippen molar-refractivity contribution < 1.29 is 9.32 Å². The van der Waals surface area contributed by atoms with Gasteiger partial charge in [0.05, 0.1) is 19.2 Å². The molecule has 0 aliphatic carbocycles. The Bertz CT molecular complexity index is 477. The molecule has 0 aliphatic heterocycles. The van der Waals surface area contributed by atoms with Crippen LogP contribution in [0.15, 0.2) is 41.1 Å². The number of benzene rings is 1. The van der Waals surface area contributed by atoms with Crippen LogP contribution in [0.3, 0.4) is 0 Å². The quantitative estimate of drug-likeness (QED) is 0.772. The molecule has 1 amide bonds. The normalized spacial score (nSPS) is 10.1. The van der Waals surface area contributed by atoms with Crippen LogP contribution in [0.4, 0.5) is 5.69 Å². The molecule has 5 nitrogen and oxygen atoms in total. The fourth-order valence-corrected chi connectivity index (χ4v) is 1.40. The van der Waals surface area contributed by atoms with E-state index in [9.17, 15) is 4.79 Å². The molecule has 0 unspecified atom stereocenters. The SMILES string of the molecule is Nc1ccc(CC(=O)NCc2ccno2)cc1. The van der Waals surface area contributed by atoms with Crippen LogP contribution in [0.1, 0.15) is 11.3 Å². The average Bonchev–Trinajstić information content (AvgIpc) is 2.83. The lowest BCUT2D eigenvalue weighted by atomic mass is 10.1. The summed E-state index contributed by atoms with van der Waals surface area (Å²) >= 11 is 0. The zero-order valence-corrected chi connectivity index (χ0v) is 9.22. The highest BCUT2D eigenvalue weighted by molar-refractivity contribution is 5.78. The number of nitrogens with two attached hydrogens (primary N) is 1. The Hall–Kier alpha value is -2.30. The standard InChI is InChI=1S/C12H13N3O2/c13-10-3-1-9(2-4-10)7-12(16)14-8-11-5-6-15-17-11/h1-6H,7-8,13H2,(H,14,16). The molecule has 2 aromatic rings. The highest BCUT2D eigenvalue weighted by Gasteiger charge is 2.04. The molecule has 0 saturated carbocycles. The van der Waals surface area contributed by atoms with Gasteiger partial charge < -0.3 is 15.6 Å². The molecule has 17 heavy (non-hydrogen) atoms. The Morgan fingerprint density at radius 2 is 2.06 bits per heavy atom. The van der Waals surface area contributed by atoms with Gasteiger partial charge in [-0.25, -0.2) is 0 Å². The maximum Gasteiger partial charge on any atom is 0.224 e. The summed E-state index contributed by atoms with van der Waals surface area (Å²) in [6, 6.07) is 8.94. The molecule has 0 bridgehead atoms. The zero-order valence-electron chi connectivity index (χ0n) is 9.22. The van der Waals surface area contributed by atoms with Gasteiger partial charge in [0, 0.05) is 11.8 Å². The molecule has 0 saturated heterocycles. The van der Waals surface area contributed by atoms with E-state index in [0.29, 0.717) is 24.4 Å². The minimum atomic E-state index is -0.0637. The number of carbonyl (C=O) groups excluding carboxylic acids is 1. The van der Waals surface area contributed by atoms with Crippen LogP contribution < -0.4 is 11.1 Å². The second kappa shape index (κ2) is 5.16. The maximum absolute atomic E-state index is 11.6. The van der Waals surface area contributed by atoms with Crippen molar-refractivity contribution in [3.8, 4) is 0 Å². The van der Waals surface area contributed by atoms with Crippen molar-refractivity contribution in [2.75, 3.05) is 5.73 Å². The third kappa shape index (κ3) is 3.34. The van der Waals surface area contributed by atoms with Crippen molar-refractivity contribution in [1.82, 2.24) is 10.5 Å². The van der Waals surface area contributed by atoms with Crippen molar-refractivity contribution in [3.05, 3.63) is 47.9 Å². The van der Waals surface area contributed by atoms with Gasteiger partial charge in [-0.05, 0) is 17.7 Å². The van der Waals surface area contributed by atoms with E-state index in [2.05, 4.69) is 10.5 Å². The average molecular weight is 231 g/mol. The Morgan fingerprint density at radius 3 is 2.71 bits per heavy atom. The largest absolute Gasteiger partial charge is 0.399 e. The first-order valence-corrected chi connectivity index (χ1v) is 5.25. The van der Waals surface area contributed by atoms with Crippen LogP contribution >= 0.6 is 0 Å². The predicted octanol–water partition coefficient (Wildman–Crippen LogP) is 1.12. The monoisotopic (exact) mass is 231 g/mol. The van der Waals surface area contributed by atoms with Gasteiger partial charge >= 0.3 is 0 Å². The Morgan fingerprint density at radius 1 is 1.29 bits per heavy atom. The molecule has 0 fully saturated rings. The molecule has 1 heterocycles. The summed E-state index contributed by atoms with van der Waals surface area (Å²) < 4.78 is 4.87. The molecule has 5 heteroatoms. The summed E-state index contributed by atoms with van der Waals surface area (Å²) in [5.74, 6) is 0.571. The van der Waals surface area contributed by atoms with Crippen LogP contribution in [0.25, 0.3) is 0 Å². The number of nitrogens with zero attached hydrogens (tertiary/aromatic N) is 1. The lowest BCUT2D eigenvalue weighted by molar-refractivity contribution is -0.120. The molecule has 88 valence electrons. The van der Waals surface area contributed by atoms with E-state index < -0.39 is 0 Å². The van der Waals surface area contributed by atoms with E-state index in [1.165, 1.54) is 0 Å². The van der Waals surface area contributed by atoms with Gasteiger partial charge in [-0.1, -0.05) is 17.3 Å². The van der Waals surface area contributed by atoms with E-state index in [4.69, 9.17) is 10.3 Å². The molecule has 0 radical (unpaired) electrons. The summed E-state index contributed by atoms with van der Waals surface area (Å²) in [7, 11) is 0. The summed E-state index contributed by atoms with van der Waals surface area (Å²) in [5.41, 5.74) is 7.18. The second-order valence-corrected chi connectivity index (χ2v) is 3.67. The van der Waals surface area contributed by atoms with E-state index in [0.717, 1.165) is 5.56 Å². The topological polar surface area (TPSA) is 81.2 Å². The fraction of sp³-hybridized carbons (Fsp3) is 0.167. The van der Waals surface area contributed by atoms with Crippen LogP contribution in [0.5, 0.6) is 0 Å². The highest BCUT2D eigenvalue weighted by atomic mass is 16.5. The van der Waals surface area contributed by atoms with Crippen molar-refractivity contribution >= 4 is 11.6 Å². The minimum Gasteiger partial charge on any atom is -0.399 e. The Balaban J connectivity index is 1.83. The second-order valence-electron chi connectivity index (χ2n) is 3.67.